The summed E-state index contributed by atoms with van der Waals surface area (Å²) in [5.74, 6) is -0.0624. The number of hydrogen-bond acceptors (Lipinski definition) is 9. The third kappa shape index (κ3) is 6.08. The van der Waals surface area contributed by atoms with Crippen LogP contribution in [0.1, 0.15) is 24.4 Å². The molecule has 41 heavy (non-hydrogen) atoms. The van der Waals surface area contributed by atoms with Crippen molar-refractivity contribution in [3.8, 4) is 5.75 Å². The summed E-state index contributed by atoms with van der Waals surface area (Å²) >= 11 is 0. The monoisotopic (exact) mass is 565 g/mol. The van der Waals surface area contributed by atoms with Crippen molar-refractivity contribution < 1.29 is 23.1 Å². The maximum atomic E-state index is 14.6. The van der Waals surface area contributed by atoms with E-state index in [-0.39, 0.29) is 11.5 Å². The average molecular weight is 566 g/mol. The molecule has 216 valence electrons. The number of nitrogens with one attached hydrogen (secondary N) is 2. The number of nitrogens with zero attached hydrogens (tertiary/aromatic N) is 5. The molecular weight excluding hydrogens is 532 g/mol. The van der Waals surface area contributed by atoms with Crippen LogP contribution in [0.3, 0.4) is 0 Å². The molecule has 0 spiro atoms. The molecule has 5 rings (SSSR count). The largest absolute Gasteiger partial charge is 0.494 e. The second-order valence-electron chi connectivity index (χ2n) is 10.1. The number of carbonyl (C=O) groups excluding carboxylic acids is 1. The number of halogens is 2. The number of carbonyl (C=O) groups is 1. The highest BCUT2D eigenvalue weighted by atomic mass is 19.1. The molecule has 0 saturated carbocycles. The van der Waals surface area contributed by atoms with Crippen LogP contribution in [0.2, 0.25) is 0 Å². The van der Waals surface area contributed by atoms with Crippen LogP contribution in [0.25, 0.3) is 0 Å². The fraction of sp³-hybridized carbons (Fsp3) is 0.345. The third-order valence-corrected chi connectivity index (χ3v) is 7.36. The van der Waals surface area contributed by atoms with Crippen LogP contribution in [0.5, 0.6) is 5.75 Å². The summed E-state index contributed by atoms with van der Waals surface area (Å²) in [6, 6.07) is 8.51. The van der Waals surface area contributed by atoms with E-state index in [1.165, 1.54) is 23.5 Å². The van der Waals surface area contributed by atoms with Crippen LogP contribution >= 0.6 is 0 Å². The Morgan fingerprint density at radius 1 is 1.17 bits per heavy atom. The van der Waals surface area contributed by atoms with Crippen LogP contribution in [-0.2, 0) is 9.63 Å². The van der Waals surface area contributed by atoms with E-state index >= 15 is 0 Å². The van der Waals surface area contributed by atoms with E-state index in [4.69, 9.17) is 9.57 Å². The van der Waals surface area contributed by atoms with Gasteiger partial charge < -0.3 is 25.2 Å². The molecule has 1 aromatic heterocycles. The molecule has 2 aliphatic rings. The molecule has 0 bridgehead atoms. The van der Waals surface area contributed by atoms with Gasteiger partial charge in [-0.2, -0.15) is 0 Å². The van der Waals surface area contributed by atoms with Gasteiger partial charge in [0.25, 0.3) is 0 Å². The second-order valence-corrected chi connectivity index (χ2v) is 10.1. The summed E-state index contributed by atoms with van der Waals surface area (Å²) in [5, 5.41) is 7.62. The first-order valence-corrected chi connectivity index (χ1v) is 13.3. The molecule has 10 nitrogen and oxygen atoms in total. The topological polar surface area (TPSA) is 95.1 Å². The zero-order valence-electron chi connectivity index (χ0n) is 23.2. The summed E-state index contributed by atoms with van der Waals surface area (Å²) in [4.78, 5) is 31.1. The lowest BCUT2D eigenvalue weighted by atomic mass is 10.0. The van der Waals surface area contributed by atoms with Crippen molar-refractivity contribution in [2.75, 3.05) is 61.5 Å². The van der Waals surface area contributed by atoms with Crippen molar-refractivity contribution in [2.45, 2.75) is 24.9 Å². The van der Waals surface area contributed by atoms with Gasteiger partial charge in [-0.15, -0.1) is 0 Å². The average Bonchev–Trinajstić information content (AvgIpc) is 3.65. The molecule has 3 aromatic rings. The zero-order valence-corrected chi connectivity index (χ0v) is 23.2. The first kappa shape index (κ1) is 28.2. The molecule has 2 N–H and O–H groups in total. The molecular formula is C29H33F2N7O3. The molecule has 2 unspecified atom stereocenters. The van der Waals surface area contributed by atoms with Gasteiger partial charge in [0.05, 0.1) is 36.8 Å². The van der Waals surface area contributed by atoms with Crippen molar-refractivity contribution in [3.63, 3.8) is 0 Å². The number of aromatic nitrogens is 2. The Bertz CT molecular complexity index is 1440. The maximum Gasteiger partial charge on any atom is 0.247 e. The number of anilines is 5. The number of ether oxygens (including phenoxy) is 1. The van der Waals surface area contributed by atoms with Crippen LogP contribution in [-0.4, -0.2) is 67.7 Å². The van der Waals surface area contributed by atoms with Crippen LogP contribution in [0, 0.1) is 11.6 Å². The van der Waals surface area contributed by atoms with Gasteiger partial charge in [-0.25, -0.2) is 23.8 Å². The molecule has 1 amide bonds. The van der Waals surface area contributed by atoms with E-state index in [0.29, 0.717) is 47.8 Å². The molecule has 0 aliphatic carbocycles. The summed E-state index contributed by atoms with van der Waals surface area (Å²) in [7, 11) is 5.69. The highest BCUT2D eigenvalue weighted by Gasteiger charge is 2.32. The molecule has 0 radical (unpaired) electrons. The third-order valence-electron chi connectivity index (χ3n) is 7.36. The van der Waals surface area contributed by atoms with E-state index < -0.39 is 17.7 Å². The second kappa shape index (κ2) is 12.1. The van der Waals surface area contributed by atoms with E-state index in [2.05, 4.69) is 51.1 Å². The molecule has 2 aromatic carbocycles. The summed E-state index contributed by atoms with van der Waals surface area (Å²) in [6.07, 6.45) is 4.02. The summed E-state index contributed by atoms with van der Waals surface area (Å²) < 4.78 is 34.2. The molecule has 2 fully saturated rings. The number of rotatable bonds is 9. The van der Waals surface area contributed by atoms with Crippen molar-refractivity contribution in [1.82, 2.24) is 14.9 Å². The van der Waals surface area contributed by atoms with E-state index in [0.717, 1.165) is 37.3 Å². The van der Waals surface area contributed by atoms with Gasteiger partial charge in [-0.1, -0.05) is 6.58 Å². The first-order valence-electron chi connectivity index (χ1n) is 13.3. The highest BCUT2D eigenvalue weighted by Crippen LogP contribution is 2.41. The standard InChI is InChI=1S/C29H33F2N7O3/c1-5-29(39)35-22-13-23(26(40-4)14-25(22)37-10-8-19(16-37)36(2)3)34-27-15-28(33-17-32-27)38-24(9-11-41-38)20-12-18(30)6-7-21(20)31/h5-7,12-15,17,19,24H,1,8-11,16H2,2-4H3,(H,35,39)(H,32,33,34). The lowest BCUT2D eigenvalue weighted by Crippen LogP contribution is -2.31. The predicted molar refractivity (Wildman–Crippen MR) is 154 cm³/mol. The van der Waals surface area contributed by atoms with Crippen LogP contribution in [0.15, 0.2) is 55.4 Å². The minimum atomic E-state index is -0.561. The molecule has 2 atom stereocenters. The minimum absolute atomic E-state index is 0.189. The number of hydrogen-bond donors (Lipinski definition) is 2. The Hall–Kier alpha value is -4.29. The first-order chi connectivity index (χ1) is 19.8. The summed E-state index contributed by atoms with van der Waals surface area (Å²) in [5.41, 5.74) is 2.17. The fourth-order valence-electron chi connectivity index (χ4n) is 5.18. The van der Waals surface area contributed by atoms with Gasteiger partial charge >= 0.3 is 0 Å². The number of benzene rings is 2. The van der Waals surface area contributed by atoms with Gasteiger partial charge in [0.15, 0.2) is 5.82 Å². The lowest BCUT2D eigenvalue weighted by molar-refractivity contribution is -0.111. The molecule has 2 aliphatic heterocycles. The summed E-state index contributed by atoms with van der Waals surface area (Å²) in [6.45, 7) is 5.53. The Labute approximate surface area is 237 Å². The van der Waals surface area contributed by atoms with Crippen molar-refractivity contribution in [3.05, 3.63) is 72.6 Å². The SMILES string of the molecule is C=CC(=O)Nc1cc(Nc2cc(N3OCCC3c3cc(F)ccc3F)ncn2)c(OC)cc1N1CCC(N(C)C)C1. The Kier molecular flexibility index (Phi) is 8.31. The van der Waals surface area contributed by atoms with Crippen LogP contribution in [0.4, 0.5) is 37.5 Å². The normalized spacial score (nSPS) is 18.6. The van der Waals surface area contributed by atoms with Crippen LogP contribution < -0.4 is 25.3 Å². The van der Waals surface area contributed by atoms with E-state index in [1.807, 2.05) is 6.07 Å². The quantitative estimate of drug-likeness (QED) is 0.360. The highest BCUT2D eigenvalue weighted by molar-refractivity contribution is 6.02. The molecule has 12 heteroatoms. The Balaban J connectivity index is 1.45. The number of amides is 1. The molecule has 3 heterocycles. The number of methoxy groups -OCH3 is 1. The zero-order chi connectivity index (χ0) is 29.1. The van der Waals surface area contributed by atoms with Gasteiger partial charge in [-0.3, -0.25) is 9.63 Å². The lowest BCUT2D eigenvalue weighted by Gasteiger charge is -2.26. The van der Waals surface area contributed by atoms with E-state index in [1.54, 1.807) is 19.2 Å². The predicted octanol–water partition coefficient (Wildman–Crippen LogP) is 4.65. The Morgan fingerprint density at radius 2 is 2.00 bits per heavy atom. The van der Waals surface area contributed by atoms with Crippen molar-refractivity contribution >= 4 is 34.6 Å². The van der Waals surface area contributed by atoms with Gasteiger partial charge in [0, 0.05) is 43.2 Å². The van der Waals surface area contributed by atoms with Gasteiger partial charge in [0.2, 0.25) is 5.91 Å². The number of likely N-dealkylation sites (N-methyl/N-ethyl adjacent to an activating group) is 1. The van der Waals surface area contributed by atoms with Crippen molar-refractivity contribution in [2.24, 2.45) is 0 Å². The fourth-order valence-corrected chi connectivity index (χ4v) is 5.18. The van der Waals surface area contributed by atoms with Gasteiger partial charge in [0.1, 0.15) is 29.5 Å². The van der Waals surface area contributed by atoms with E-state index in [9.17, 15) is 13.6 Å². The molecule has 2 saturated heterocycles. The minimum Gasteiger partial charge on any atom is -0.494 e. The van der Waals surface area contributed by atoms with Gasteiger partial charge in [-0.05, 0) is 50.9 Å². The Morgan fingerprint density at radius 3 is 2.73 bits per heavy atom. The van der Waals surface area contributed by atoms with Crippen molar-refractivity contribution in [1.29, 1.82) is 0 Å². The number of hydroxylamine groups is 1. The smallest absolute Gasteiger partial charge is 0.247 e. The maximum absolute atomic E-state index is 14.6.